The number of benzene rings is 1. The van der Waals surface area contributed by atoms with E-state index < -0.39 is 17.8 Å². The summed E-state index contributed by atoms with van der Waals surface area (Å²) >= 11 is 3.37. The minimum absolute atomic E-state index is 0.0921. The zero-order valence-corrected chi connectivity index (χ0v) is 14.6. The van der Waals surface area contributed by atoms with Gasteiger partial charge in [-0.2, -0.15) is 0 Å². The molecule has 1 saturated heterocycles. The van der Waals surface area contributed by atoms with Gasteiger partial charge in [-0.1, -0.05) is 28.9 Å². The van der Waals surface area contributed by atoms with Crippen LogP contribution in [0.1, 0.15) is 13.3 Å². The first-order valence-electron chi connectivity index (χ1n) is 7.36. The molecular weight excluding hydrogens is 364 g/mol. The number of carbonyl (C=O) groups is 3. The van der Waals surface area contributed by atoms with Gasteiger partial charge in [0.1, 0.15) is 5.92 Å². The van der Waals surface area contributed by atoms with Crippen LogP contribution >= 0.6 is 15.9 Å². The van der Waals surface area contributed by atoms with Crippen molar-refractivity contribution in [3.8, 4) is 0 Å². The largest absolute Gasteiger partial charge is 0.481 e. The highest BCUT2D eigenvalue weighted by atomic mass is 79.9. The molecule has 124 valence electrons. The molecule has 7 heteroatoms. The average molecular weight is 383 g/mol. The minimum atomic E-state index is -0.960. The van der Waals surface area contributed by atoms with E-state index in [0.717, 1.165) is 10.2 Å². The number of aliphatic carboxylic acids is 1. The molecule has 1 aromatic carbocycles. The fraction of sp³-hybridized carbons (Fsp3) is 0.438. The molecule has 0 aliphatic carbocycles. The summed E-state index contributed by atoms with van der Waals surface area (Å²) < 4.78 is 0.866. The monoisotopic (exact) mass is 382 g/mol. The molecule has 2 rings (SSSR count). The summed E-state index contributed by atoms with van der Waals surface area (Å²) in [5, 5.41) is 8.93. The predicted molar refractivity (Wildman–Crippen MR) is 89.0 cm³/mol. The van der Waals surface area contributed by atoms with E-state index in [9.17, 15) is 14.4 Å². The second kappa shape index (κ2) is 7.12. The first-order valence-corrected chi connectivity index (χ1v) is 8.15. The third kappa shape index (κ3) is 3.90. The molecule has 23 heavy (non-hydrogen) atoms. The van der Waals surface area contributed by atoms with Crippen LogP contribution in [0.25, 0.3) is 0 Å². The van der Waals surface area contributed by atoms with Gasteiger partial charge < -0.3 is 14.9 Å². The Balaban J connectivity index is 2.06. The van der Waals surface area contributed by atoms with Gasteiger partial charge in [0.2, 0.25) is 11.8 Å². The summed E-state index contributed by atoms with van der Waals surface area (Å²) in [5.41, 5.74) is 0.751. The Hall–Kier alpha value is -1.89. The Morgan fingerprint density at radius 2 is 2.17 bits per heavy atom. The third-order valence-corrected chi connectivity index (χ3v) is 4.46. The summed E-state index contributed by atoms with van der Waals surface area (Å²) in [6, 6.07) is 7.36. The Labute approximate surface area is 143 Å². The van der Waals surface area contributed by atoms with Gasteiger partial charge >= 0.3 is 5.97 Å². The smallest absolute Gasteiger partial charge is 0.308 e. The number of carboxylic acids is 1. The van der Waals surface area contributed by atoms with Crippen LogP contribution in [0.5, 0.6) is 0 Å². The van der Waals surface area contributed by atoms with Crippen LogP contribution in [0.4, 0.5) is 5.69 Å². The standard InChI is InChI=1S/C16H19BrN2O4/c1-10(16(22)23)9-18(2)14(20)13-6-7-19(15(13)21)12-5-3-4-11(17)8-12/h3-5,8,10,13H,6-7,9H2,1-2H3,(H,22,23). The molecule has 0 radical (unpaired) electrons. The van der Waals surface area contributed by atoms with Crippen LogP contribution in [0.2, 0.25) is 0 Å². The SMILES string of the molecule is CC(CN(C)C(=O)C1CCN(c2cccc(Br)c2)C1=O)C(=O)O. The fourth-order valence-corrected chi connectivity index (χ4v) is 3.04. The lowest BCUT2D eigenvalue weighted by Crippen LogP contribution is -2.40. The van der Waals surface area contributed by atoms with Crippen molar-refractivity contribution in [2.45, 2.75) is 13.3 Å². The quantitative estimate of drug-likeness (QED) is 0.789. The minimum Gasteiger partial charge on any atom is -0.481 e. The van der Waals surface area contributed by atoms with E-state index >= 15 is 0 Å². The average Bonchev–Trinajstić information content (AvgIpc) is 2.87. The van der Waals surface area contributed by atoms with Crippen LogP contribution in [-0.4, -0.2) is 47.9 Å². The van der Waals surface area contributed by atoms with Crippen LogP contribution in [0.15, 0.2) is 28.7 Å². The highest BCUT2D eigenvalue weighted by Crippen LogP contribution is 2.28. The van der Waals surface area contributed by atoms with E-state index in [0.29, 0.717) is 13.0 Å². The van der Waals surface area contributed by atoms with Crippen molar-refractivity contribution in [3.05, 3.63) is 28.7 Å². The summed E-state index contributed by atoms with van der Waals surface area (Å²) in [7, 11) is 1.54. The number of halogens is 1. The van der Waals surface area contributed by atoms with Crippen LogP contribution in [-0.2, 0) is 14.4 Å². The maximum absolute atomic E-state index is 12.5. The van der Waals surface area contributed by atoms with Gasteiger partial charge in [0.15, 0.2) is 0 Å². The van der Waals surface area contributed by atoms with Crippen molar-refractivity contribution in [1.82, 2.24) is 4.90 Å². The van der Waals surface area contributed by atoms with Crippen molar-refractivity contribution in [2.24, 2.45) is 11.8 Å². The third-order valence-electron chi connectivity index (χ3n) is 3.97. The molecule has 1 aliphatic rings. The number of hydrogen-bond acceptors (Lipinski definition) is 3. The van der Waals surface area contributed by atoms with Crippen LogP contribution < -0.4 is 4.90 Å². The van der Waals surface area contributed by atoms with Gasteiger partial charge in [-0.15, -0.1) is 0 Å². The molecule has 1 aromatic rings. The Bertz CT molecular complexity index is 634. The van der Waals surface area contributed by atoms with E-state index in [4.69, 9.17) is 5.11 Å². The van der Waals surface area contributed by atoms with E-state index in [1.54, 1.807) is 4.90 Å². The highest BCUT2D eigenvalue weighted by Gasteiger charge is 2.39. The second-order valence-corrected chi connectivity index (χ2v) is 6.68. The van der Waals surface area contributed by atoms with Crippen molar-refractivity contribution in [1.29, 1.82) is 0 Å². The number of anilines is 1. The van der Waals surface area contributed by atoms with Crippen molar-refractivity contribution >= 4 is 39.4 Å². The Kier molecular flexibility index (Phi) is 5.41. The molecule has 2 atom stereocenters. The number of nitrogens with zero attached hydrogens (tertiary/aromatic N) is 2. The molecule has 1 heterocycles. The lowest BCUT2D eigenvalue weighted by molar-refractivity contribution is -0.143. The molecule has 0 spiro atoms. The molecule has 1 aliphatic heterocycles. The molecule has 1 fully saturated rings. The molecule has 0 aromatic heterocycles. The molecule has 0 saturated carbocycles. The lowest BCUT2D eigenvalue weighted by Gasteiger charge is -2.22. The van der Waals surface area contributed by atoms with E-state index in [-0.39, 0.29) is 18.4 Å². The zero-order chi connectivity index (χ0) is 17.1. The number of amides is 2. The molecule has 6 nitrogen and oxygen atoms in total. The van der Waals surface area contributed by atoms with Crippen molar-refractivity contribution in [2.75, 3.05) is 25.0 Å². The summed E-state index contributed by atoms with van der Waals surface area (Å²) in [6.45, 7) is 2.11. The molecule has 2 unspecified atom stereocenters. The first kappa shape index (κ1) is 17.5. The van der Waals surface area contributed by atoms with E-state index in [1.807, 2.05) is 24.3 Å². The predicted octanol–water partition coefficient (Wildman–Crippen LogP) is 1.98. The van der Waals surface area contributed by atoms with Crippen LogP contribution in [0.3, 0.4) is 0 Å². The van der Waals surface area contributed by atoms with E-state index in [2.05, 4.69) is 15.9 Å². The fourth-order valence-electron chi connectivity index (χ4n) is 2.65. The van der Waals surface area contributed by atoms with Gasteiger partial charge in [-0.25, -0.2) is 0 Å². The topological polar surface area (TPSA) is 77.9 Å². The van der Waals surface area contributed by atoms with Gasteiger partial charge in [0.25, 0.3) is 0 Å². The number of hydrogen-bond donors (Lipinski definition) is 1. The lowest BCUT2D eigenvalue weighted by atomic mass is 10.1. The molecule has 1 N–H and O–H groups in total. The molecular formula is C16H19BrN2O4. The van der Waals surface area contributed by atoms with Crippen molar-refractivity contribution < 1.29 is 19.5 Å². The summed E-state index contributed by atoms with van der Waals surface area (Å²) in [5.74, 6) is -2.91. The van der Waals surface area contributed by atoms with Gasteiger partial charge in [-0.05, 0) is 24.6 Å². The normalized spacial score (nSPS) is 18.8. The number of carboxylic acid groups (broad SMARTS) is 1. The summed E-state index contributed by atoms with van der Waals surface area (Å²) in [4.78, 5) is 38.8. The molecule has 2 amide bonds. The van der Waals surface area contributed by atoms with Gasteiger partial charge in [0.05, 0.1) is 5.92 Å². The molecule has 0 bridgehead atoms. The maximum Gasteiger partial charge on any atom is 0.308 e. The first-order chi connectivity index (χ1) is 10.8. The second-order valence-electron chi connectivity index (χ2n) is 5.77. The number of rotatable bonds is 5. The highest BCUT2D eigenvalue weighted by molar-refractivity contribution is 9.10. The summed E-state index contributed by atoms with van der Waals surface area (Å²) in [6.07, 6.45) is 0.440. The zero-order valence-electron chi connectivity index (χ0n) is 13.0. The Morgan fingerprint density at radius 3 is 2.78 bits per heavy atom. The number of carbonyl (C=O) groups excluding carboxylic acids is 2. The van der Waals surface area contributed by atoms with Gasteiger partial charge in [-0.3, -0.25) is 14.4 Å². The Morgan fingerprint density at radius 1 is 1.48 bits per heavy atom. The van der Waals surface area contributed by atoms with Crippen LogP contribution in [0, 0.1) is 11.8 Å². The van der Waals surface area contributed by atoms with E-state index in [1.165, 1.54) is 18.9 Å². The maximum atomic E-state index is 12.5. The van der Waals surface area contributed by atoms with Crippen molar-refractivity contribution in [3.63, 3.8) is 0 Å². The van der Waals surface area contributed by atoms with Gasteiger partial charge in [0, 0.05) is 30.3 Å².